The molecule has 1 atom stereocenters. The number of hydrogen-bond donors (Lipinski definition) is 1. The van der Waals surface area contributed by atoms with Crippen LogP contribution < -0.4 is 10.5 Å². The maximum absolute atomic E-state index is 15.4. The fourth-order valence-corrected chi connectivity index (χ4v) is 5.00. The van der Waals surface area contributed by atoms with E-state index >= 15 is 4.39 Å². The summed E-state index contributed by atoms with van der Waals surface area (Å²) in [6.07, 6.45) is 6.78. The molecule has 2 aromatic carbocycles. The number of nitrogen functional groups attached to an aromatic ring is 1. The molecule has 1 saturated heterocycles. The molecule has 2 aromatic heterocycles. The van der Waals surface area contributed by atoms with E-state index in [1.165, 1.54) is 12.4 Å². The molecule has 0 unspecified atom stereocenters. The highest BCUT2D eigenvalue weighted by molar-refractivity contribution is 5.98. The largest absolute Gasteiger partial charge is 0.457 e. The molecule has 1 amide bonds. The average Bonchev–Trinajstić information content (AvgIpc) is 3.52. The number of nitrogens with zero attached hydrogens (tertiary/aromatic N) is 6. The van der Waals surface area contributed by atoms with Crippen molar-refractivity contribution < 1.29 is 13.9 Å². The Bertz CT molecular complexity index is 1620. The summed E-state index contributed by atoms with van der Waals surface area (Å²) >= 11 is 0. The molecule has 0 bridgehead atoms. The van der Waals surface area contributed by atoms with Crippen LogP contribution in [-0.2, 0) is 11.3 Å². The van der Waals surface area contributed by atoms with Crippen molar-refractivity contribution in [2.45, 2.75) is 38.3 Å². The van der Waals surface area contributed by atoms with Crippen LogP contribution in [0.15, 0.2) is 66.6 Å². The molecule has 39 heavy (non-hydrogen) atoms. The lowest BCUT2D eigenvalue weighted by Crippen LogP contribution is -2.38. The molecule has 3 heterocycles. The maximum Gasteiger partial charge on any atom is 0.252 e. The summed E-state index contributed by atoms with van der Waals surface area (Å²) in [5.41, 5.74) is 7.42. The summed E-state index contributed by atoms with van der Waals surface area (Å²) in [6, 6.07) is 13.5. The standard InChI is InChI=1S/C29H26FN7O2/c1-32-24(14-18-9-10-18)29(38)36-13-5-6-19(36)16-37-28-25(27(31)33-17-34-28)26(35-37)22-12-11-21(15-23(22)30)39-20-7-3-2-4-8-20/h2-4,7-8,11-12,14-15,17-19H,5-6,9-10,13,16H2,(H2,31,33,34)/t19-/m1/s1. The van der Waals surface area contributed by atoms with Gasteiger partial charge in [-0.05, 0) is 55.9 Å². The second-order valence-electron chi connectivity index (χ2n) is 9.84. The van der Waals surface area contributed by atoms with Gasteiger partial charge in [0.05, 0.1) is 24.5 Å². The lowest BCUT2D eigenvalue weighted by Gasteiger charge is -2.24. The Morgan fingerprint density at radius 2 is 1.97 bits per heavy atom. The van der Waals surface area contributed by atoms with E-state index in [4.69, 9.17) is 22.1 Å². The molecular weight excluding hydrogens is 497 g/mol. The zero-order valence-electron chi connectivity index (χ0n) is 21.1. The topological polar surface area (TPSA) is 104 Å². The van der Waals surface area contributed by atoms with Gasteiger partial charge in [0.1, 0.15) is 35.2 Å². The highest BCUT2D eigenvalue weighted by atomic mass is 19.1. The molecule has 2 fully saturated rings. The predicted octanol–water partition coefficient (Wildman–Crippen LogP) is 5.21. The summed E-state index contributed by atoms with van der Waals surface area (Å²) < 4.78 is 22.8. The predicted molar refractivity (Wildman–Crippen MR) is 144 cm³/mol. The second kappa shape index (κ2) is 10.2. The summed E-state index contributed by atoms with van der Waals surface area (Å²) in [4.78, 5) is 27.0. The average molecular weight is 524 g/mol. The van der Waals surface area contributed by atoms with Gasteiger partial charge in [-0.1, -0.05) is 24.3 Å². The van der Waals surface area contributed by atoms with Crippen LogP contribution in [0, 0.1) is 18.3 Å². The van der Waals surface area contributed by atoms with E-state index in [0.29, 0.717) is 47.2 Å². The van der Waals surface area contributed by atoms with Gasteiger partial charge in [-0.25, -0.2) is 23.9 Å². The molecule has 1 aliphatic heterocycles. The van der Waals surface area contributed by atoms with Gasteiger partial charge in [-0.3, -0.25) is 4.79 Å². The molecule has 10 heteroatoms. The van der Waals surface area contributed by atoms with E-state index < -0.39 is 5.82 Å². The van der Waals surface area contributed by atoms with Crippen molar-refractivity contribution >= 4 is 22.8 Å². The monoisotopic (exact) mass is 523 g/mol. The minimum absolute atomic E-state index is 0.180. The van der Waals surface area contributed by atoms with Crippen molar-refractivity contribution in [1.82, 2.24) is 24.6 Å². The molecule has 2 aliphatic rings. The van der Waals surface area contributed by atoms with E-state index in [1.807, 2.05) is 18.2 Å². The fourth-order valence-electron chi connectivity index (χ4n) is 5.00. The van der Waals surface area contributed by atoms with E-state index in [9.17, 15) is 4.79 Å². The number of fused-ring (bicyclic) bond motifs is 1. The van der Waals surface area contributed by atoms with Gasteiger partial charge < -0.3 is 15.4 Å². The molecule has 2 N–H and O–H groups in total. The van der Waals surface area contributed by atoms with Crippen molar-refractivity contribution in [1.29, 1.82) is 0 Å². The molecule has 0 spiro atoms. The van der Waals surface area contributed by atoms with E-state index in [-0.39, 0.29) is 29.0 Å². The van der Waals surface area contributed by atoms with Gasteiger partial charge in [0.15, 0.2) is 5.65 Å². The van der Waals surface area contributed by atoms with E-state index in [2.05, 4.69) is 14.8 Å². The molecule has 196 valence electrons. The zero-order valence-corrected chi connectivity index (χ0v) is 21.1. The third kappa shape index (κ3) is 4.91. The first kappa shape index (κ1) is 24.6. The third-order valence-corrected chi connectivity index (χ3v) is 7.11. The van der Waals surface area contributed by atoms with Crippen molar-refractivity contribution in [2.75, 3.05) is 12.3 Å². The summed E-state index contributed by atoms with van der Waals surface area (Å²) in [6.45, 7) is 8.42. The minimum atomic E-state index is -0.525. The summed E-state index contributed by atoms with van der Waals surface area (Å²) in [5.74, 6) is 0.697. The van der Waals surface area contributed by atoms with Crippen molar-refractivity contribution in [3.63, 3.8) is 0 Å². The smallest absolute Gasteiger partial charge is 0.252 e. The van der Waals surface area contributed by atoms with E-state index in [1.54, 1.807) is 39.9 Å². The number of anilines is 1. The Labute approximate surface area is 224 Å². The highest BCUT2D eigenvalue weighted by Gasteiger charge is 2.33. The SMILES string of the molecule is [C-]#[N+]C(=CC1CC1)C(=O)N1CCC[C@@H]1Cn1nc(-c2ccc(Oc3ccccc3)cc2F)c2c(N)ncnc21. The second-order valence-corrected chi connectivity index (χ2v) is 9.84. The Morgan fingerprint density at radius 3 is 2.72 bits per heavy atom. The van der Waals surface area contributed by atoms with Gasteiger partial charge in [0, 0.05) is 18.2 Å². The van der Waals surface area contributed by atoms with Crippen LogP contribution in [-0.4, -0.2) is 43.1 Å². The number of aromatic nitrogens is 4. The first-order valence-corrected chi connectivity index (χ1v) is 12.9. The number of amides is 1. The quantitative estimate of drug-likeness (QED) is 0.263. The first-order chi connectivity index (χ1) is 19.0. The van der Waals surface area contributed by atoms with Crippen LogP contribution in [0.5, 0.6) is 11.5 Å². The number of rotatable bonds is 7. The Hall–Kier alpha value is -4.78. The van der Waals surface area contributed by atoms with Gasteiger partial charge in [0.2, 0.25) is 5.70 Å². The number of benzene rings is 2. The summed E-state index contributed by atoms with van der Waals surface area (Å²) in [5, 5.41) is 5.16. The Morgan fingerprint density at radius 1 is 1.15 bits per heavy atom. The fraction of sp³-hybridized carbons (Fsp3) is 0.276. The van der Waals surface area contributed by atoms with Crippen molar-refractivity contribution in [3.8, 4) is 22.8 Å². The van der Waals surface area contributed by atoms with Gasteiger partial charge in [-0.15, -0.1) is 0 Å². The number of carbonyl (C=O) groups is 1. The van der Waals surface area contributed by atoms with Gasteiger partial charge in [0.25, 0.3) is 5.91 Å². The molecule has 1 saturated carbocycles. The number of nitrogens with two attached hydrogens (primary N) is 1. The van der Waals surface area contributed by atoms with E-state index in [0.717, 1.165) is 25.7 Å². The van der Waals surface area contributed by atoms with Crippen LogP contribution >= 0.6 is 0 Å². The van der Waals surface area contributed by atoms with Gasteiger partial charge in [-0.2, -0.15) is 5.10 Å². The number of ether oxygens (including phenoxy) is 1. The number of allylic oxidation sites excluding steroid dienone is 1. The lowest BCUT2D eigenvalue weighted by molar-refractivity contribution is -0.127. The number of para-hydroxylation sites is 1. The highest BCUT2D eigenvalue weighted by Crippen LogP contribution is 2.35. The molecule has 1 aliphatic carbocycles. The minimum Gasteiger partial charge on any atom is -0.457 e. The number of carbonyl (C=O) groups excluding carboxylic acids is 1. The molecular formula is C29H26FN7O2. The zero-order chi connectivity index (χ0) is 26.9. The summed E-state index contributed by atoms with van der Waals surface area (Å²) in [7, 11) is 0. The van der Waals surface area contributed by atoms with Crippen LogP contribution in [0.3, 0.4) is 0 Å². The Kier molecular flexibility index (Phi) is 6.40. The number of likely N-dealkylation sites (tertiary alicyclic amines) is 1. The van der Waals surface area contributed by atoms with Crippen LogP contribution in [0.2, 0.25) is 0 Å². The van der Waals surface area contributed by atoms with Gasteiger partial charge >= 0.3 is 0 Å². The van der Waals surface area contributed by atoms with Crippen molar-refractivity contribution in [3.05, 3.63) is 83.9 Å². The molecule has 9 nitrogen and oxygen atoms in total. The van der Waals surface area contributed by atoms with Crippen LogP contribution in [0.4, 0.5) is 10.2 Å². The number of hydrogen-bond acceptors (Lipinski definition) is 6. The molecule has 0 radical (unpaired) electrons. The first-order valence-electron chi connectivity index (χ1n) is 12.9. The molecule has 6 rings (SSSR count). The van der Waals surface area contributed by atoms with Crippen LogP contribution in [0.25, 0.3) is 27.1 Å². The van der Waals surface area contributed by atoms with Crippen LogP contribution in [0.1, 0.15) is 25.7 Å². The Balaban J connectivity index is 1.32. The lowest BCUT2D eigenvalue weighted by atomic mass is 10.1. The maximum atomic E-state index is 15.4. The number of halogens is 1. The van der Waals surface area contributed by atoms with Crippen molar-refractivity contribution in [2.24, 2.45) is 5.92 Å². The third-order valence-electron chi connectivity index (χ3n) is 7.11. The normalized spacial score (nSPS) is 17.4. The molecule has 4 aromatic rings.